The van der Waals surface area contributed by atoms with Gasteiger partial charge in [-0.1, -0.05) is 0 Å². The molecule has 3 saturated heterocycles. The summed E-state index contributed by atoms with van der Waals surface area (Å²) in [4.78, 5) is 28.8. The molecule has 4 atom stereocenters. The van der Waals surface area contributed by atoms with Gasteiger partial charge in [-0.3, -0.25) is 9.59 Å². The van der Waals surface area contributed by atoms with Gasteiger partial charge in [0.25, 0.3) is 0 Å². The molecule has 2 N–H and O–H groups in total. The van der Waals surface area contributed by atoms with Crippen LogP contribution in [0.2, 0.25) is 0 Å². The van der Waals surface area contributed by atoms with Crippen LogP contribution >= 0.6 is 0 Å². The molecular weight excluding hydrogens is 322 g/mol. The van der Waals surface area contributed by atoms with Gasteiger partial charge in [0, 0.05) is 26.1 Å². The predicted molar refractivity (Wildman–Crippen MR) is 90.6 cm³/mol. The molecule has 1 aliphatic carbocycles. The number of aliphatic hydroxyl groups is 1. The van der Waals surface area contributed by atoms with Gasteiger partial charge in [-0.2, -0.15) is 0 Å². The first kappa shape index (κ1) is 17.2. The van der Waals surface area contributed by atoms with Gasteiger partial charge in [-0.05, 0) is 44.9 Å². The van der Waals surface area contributed by atoms with Crippen molar-refractivity contribution in [1.29, 1.82) is 0 Å². The SMILES string of the molecule is C[C@@H]1NCC2(C)OC[C@H](CCC(=O)N3CCC4(CC4)[C@H](O)C3)N2C1=O. The van der Waals surface area contributed by atoms with E-state index in [2.05, 4.69) is 5.32 Å². The Bertz CT molecular complexity index is 579. The summed E-state index contributed by atoms with van der Waals surface area (Å²) >= 11 is 0. The van der Waals surface area contributed by atoms with Crippen LogP contribution in [-0.2, 0) is 14.3 Å². The molecule has 0 aromatic heterocycles. The average Bonchev–Trinajstić information content (AvgIpc) is 3.29. The minimum atomic E-state index is -0.600. The average molecular weight is 351 g/mol. The topological polar surface area (TPSA) is 82.1 Å². The highest BCUT2D eigenvalue weighted by Gasteiger charge is 2.52. The first-order chi connectivity index (χ1) is 11.8. The van der Waals surface area contributed by atoms with Gasteiger partial charge in [0.2, 0.25) is 11.8 Å². The molecule has 7 heteroatoms. The molecule has 3 heterocycles. The van der Waals surface area contributed by atoms with Crippen molar-refractivity contribution in [1.82, 2.24) is 15.1 Å². The minimum absolute atomic E-state index is 0.0458. The molecule has 25 heavy (non-hydrogen) atoms. The molecule has 1 saturated carbocycles. The Hall–Kier alpha value is -1.18. The highest BCUT2D eigenvalue weighted by molar-refractivity contribution is 5.83. The maximum Gasteiger partial charge on any atom is 0.242 e. The van der Waals surface area contributed by atoms with Gasteiger partial charge >= 0.3 is 0 Å². The highest BCUT2D eigenvalue weighted by Crippen LogP contribution is 2.53. The Kier molecular flexibility index (Phi) is 4.09. The number of hydrogen-bond acceptors (Lipinski definition) is 5. The van der Waals surface area contributed by atoms with Crippen molar-refractivity contribution in [2.75, 3.05) is 26.2 Å². The van der Waals surface area contributed by atoms with Crippen molar-refractivity contribution in [3.8, 4) is 0 Å². The number of nitrogens with zero attached hydrogens (tertiary/aromatic N) is 2. The Labute approximate surface area is 148 Å². The Balaban J connectivity index is 1.33. The van der Waals surface area contributed by atoms with Gasteiger partial charge in [0.05, 0.1) is 24.8 Å². The maximum atomic E-state index is 12.6. The lowest BCUT2D eigenvalue weighted by Crippen LogP contribution is -2.65. The zero-order chi connectivity index (χ0) is 17.8. The molecule has 140 valence electrons. The summed E-state index contributed by atoms with van der Waals surface area (Å²) in [5.74, 6) is 0.131. The number of aliphatic hydroxyl groups excluding tert-OH is 1. The second kappa shape index (κ2) is 5.93. The van der Waals surface area contributed by atoms with Crippen LogP contribution in [0.4, 0.5) is 0 Å². The zero-order valence-electron chi connectivity index (χ0n) is 15.2. The maximum absolute atomic E-state index is 12.6. The Morgan fingerprint density at radius 3 is 2.84 bits per heavy atom. The number of ether oxygens (including phenoxy) is 1. The number of hydrogen-bond donors (Lipinski definition) is 2. The number of piperidine rings is 1. The zero-order valence-corrected chi connectivity index (χ0v) is 15.2. The number of rotatable bonds is 3. The van der Waals surface area contributed by atoms with Crippen LogP contribution in [0.25, 0.3) is 0 Å². The van der Waals surface area contributed by atoms with Crippen LogP contribution in [-0.4, -0.2) is 76.9 Å². The number of fused-ring (bicyclic) bond motifs is 1. The van der Waals surface area contributed by atoms with Crippen molar-refractivity contribution in [2.24, 2.45) is 5.41 Å². The van der Waals surface area contributed by atoms with Crippen LogP contribution in [0.3, 0.4) is 0 Å². The number of nitrogens with one attached hydrogen (secondary N) is 1. The second-order valence-electron chi connectivity index (χ2n) is 8.46. The fraction of sp³-hybridized carbons (Fsp3) is 0.889. The molecule has 7 nitrogen and oxygen atoms in total. The molecule has 4 rings (SSSR count). The lowest BCUT2D eigenvalue weighted by Gasteiger charge is -2.43. The summed E-state index contributed by atoms with van der Waals surface area (Å²) in [5.41, 5.74) is -0.488. The monoisotopic (exact) mass is 351 g/mol. The first-order valence-corrected chi connectivity index (χ1v) is 9.51. The quantitative estimate of drug-likeness (QED) is 0.752. The molecule has 1 unspecified atom stereocenters. The summed E-state index contributed by atoms with van der Waals surface area (Å²) in [7, 11) is 0. The molecule has 1 spiro atoms. The molecule has 0 aromatic carbocycles. The number of carbonyl (C=O) groups excluding carboxylic acids is 2. The molecule has 0 radical (unpaired) electrons. The van der Waals surface area contributed by atoms with Gasteiger partial charge in [-0.15, -0.1) is 0 Å². The molecule has 0 bridgehead atoms. The highest BCUT2D eigenvalue weighted by atomic mass is 16.5. The van der Waals surface area contributed by atoms with Crippen molar-refractivity contribution in [2.45, 2.75) is 69.9 Å². The van der Waals surface area contributed by atoms with Crippen LogP contribution in [0, 0.1) is 5.41 Å². The predicted octanol–water partition coefficient (Wildman–Crippen LogP) is 0.0753. The molecule has 2 amide bonds. The van der Waals surface area contributed by atoms with Crippen LogP contribution < -0.4 is 5.32 Å². The lowest BCUT2D eigenvalue weighted by molar-refractivity contribution is -0.158. The van der Waals surface area contributed by atoms with E-state index >= 15 is 0 Å². The van der Waals surface area contributed by atoms with Gasteiger partial charge in [0.15, 0.2) is 5.72 Å². The largest absolute Gasteiger partial charge is 0.391 e. The van der Waals surface area contributed by atoms with Gasteiger partial charge < -0.3 is 25.0 Å². The Morgan fingerprint density at radius 2 is 2.16 bits per heavy atom. The number of carbonyl (C=O) groups is 2. The standard InChI is InChI=1S/C18H29N3O4/c1-12-16(24)21-13(10-25-17(21,2)11-19-12)3-4-15(23)20-8-7-18(5-6-18)14(22)9-20/h12-14,19,22H,3-11H2,1-2H3/t12-,13-,14+,17?/m0/s1. The third-order valence-electron chi connectivity index (χ3n) is 6.72. The molecule has 3 aliphatic heterocycles. The third kappa shape index (κ3) is 2.86. The van der Waals surface area contributed by atoms with Crippen LogP contribution in [0.5, 0.6) is 0 Å². The summed E-state index contributed by atoms with van der Waals surface area (Å²) in [6.07, 6.45) is 3.74. The Morgan fingerprint density at radius 1 is 1.40 bits per heavy atom. The van der Waals surface area contributed by atoms with Gasteiger partial charge in [-0.25, -0.2) is 0 Å². The fourth-order valence-electron chi connectivity index (χ4n) is 4.64. The van der Waals surface area contributed by atoms with E-state index in [9.17, 15) is 14.7 Å². The van der Waals surface area contributed by atoms with Crippen LogP contribution in [0.1, 0.15) is 46.0 Å². The first-order valence-electron chi connectivity index (χ1n) is 9.51. The molecule has 0 aromatic rings. The molecular formula is C18H29N3O4. The summed E-state index contributed by atoms with van der Waals surface area (Å²) < 4.78 is 5.88. The normalized spacial score (nSPS) is 39.6. The number of likely N-dealkylation sites (tertiary alicyclic amines) is 1. The van der Waals surface area contributed by atoms with Crippen molar-refractivity contribution < 1.29 is 19.4 Å². The van der Waals surface area contributed by atoms with E-state index in [4.69, 9.17) is 4.74 Å². The number of β-amino-alcohol motifs (C(OH)–C–C–N with tert-alkyl or cyclic N) is 1. The van der Waals surface area contributed by atoms with E-state index in [1.807, 2.05) is 18.7 Å². The van der Waals surface area contributed by atoms with E-state index < -0.39 is 5.72 Å². The van der Waals surface area contributed by atoms with Crippen molar-refractivity contribution in [3.63, 3.8) is 0 Å². The molecule has 4 aliphatic rings. The minimum Gasteiger partial charge on any atom is -0.391 e. The third-order valence-corrected chi connectivity index (χ3v) is 6.72. The number of amides is 2. The van der Waals surface area contributed by atoms with E-state index in [0.717, 1.165) is 25.8 Å². The fourth-order valence-corrected chi connectivity index (χ4v) is 4.64. The van der Waals surface area contributed by atoms with Crippen LogP contribution in [0.15, 0.2) is 0 Å². The smallest absolute Gasteiger partial charge is 0.242 e. The second-order valence-corrected chi connectivity index (χ2v) is 8.46. The van der Waals surface area contributed by atoms with E-state index in [1.54, 1.807) is 4.90 Å². The summed E-state index contributed by atoms with van der Waals surface area (Å²) in [5, 5.41) is 13.5. The lowest BCUT2D eigenvalue weighted by atomic mass is 9.90. The van der Waals surface area contributed by atoms with Gasteiger partial charge in [0.1, 0.15) is 0 Å². The van der Waals surface area contributed by atoms with Crippen molar-refractivity contribution >= 4 is 11.8 Å². The summed E-state index contributed by atoms with van der Waals surface area (Å²) in [6.45, 7) is 6.10. The van der Waals surface area contributed by atoms with E-state index in [-0.39, 0.29) is 35.4 Å². The van der Waals surface area contributed by atoms with E-state index in [1.165, 1.54) is 0 Å². The number of piperazine rings is 1. The van der Waals surface area contributed by atoms with Crippen molar-refractivity contribution in [3.05, 3.63) is 0 Å². The molecule has 4 fully saturated rings. The van der Waals surface area contributed by atoms with E-state index in [0.29, 0.717) is 32.5 Å². The summed E-state index contributed by atoms with van der Waals surface area (Å²) in [6, 6.07) is -0.254.